The van der Waals surface area contributed by atoms with Gasteiger partial charge in [-0.3, -0.25) is 4.79 Å². The molecule has 0 aliphatic carbocycles. The number of hydrogen-bond acceptors (Lipinski definition) is 5. The van der Waals surface area contributed by atoms with E-state index in [1.807, 2.05) is 29.2 Å². The molecule has 8 heteroatoms. The van der Waals surface area contributed by atoms with Crippen LogP contribution in [0.25, 0.3) is 21.7 Å². The van der Waals surface area contributed by atoms with E-state index in [1.54, 1.807) is 21.3 Å². The van der Waals surface area contributed by atoms with Crippen LogP contribution >= 0.6 is 11.6 Å². The minimum absolute atomic E-state index is 0.0303. The van der Waals surface area contributed by atoms with Crippen molar-refractivity contribution in [3.8, 4) is 17.2 Å². The first-order valence-corrected chi connectivity index (χ1v) is 12.5. The molecule has 0 saturated heterocycles. The van der Waals surface area contributed by atoms with Crippen LogP contribution in [0.2, 0.25) is 0 Å². The zero-order valence-corrected chi connectivity index (χ0v) is 21.8. The van der Waals surface area contributed by atoms with E-state index in [2.05, 4.69) is 42.3 Å². The number of H-pyrrole nitrogens is 1. The number of anilines is 2. The summed E-state index contributed by atoms with van der Waals surface area (Å²) in [7, 11) is 4.69. The number of halogens is 1. The van der Waals surface area contributed by atoms with Crippen molar-refractivity contribution in [1.29, 1.82) is 0 Å². The van der Waals surface area contributed by atoms with Gasteiger partial charge in [-0.05, 0) is 43.0 Å². The minimum atomic E-state index is -0.133. The van der Waals surface area contributed by atoms with Crippen molar-refractivity contribution >= 4 is 50.6 Å². The fraction of sp³-hybridized carbons (Fsp3) is 0.321. The molecule has 188 valence electrons. The second-order valence-electron chi connectivity index (χ2n) is 9.26. The number of fused-ring (bicyclic) bond motifs is 4. The highest BCUT2D eigenvalue weighted by Gasteiger charge is 2.35. The summed E-state index contributed by atoms with van der Waals surface area (Å²) in [4.78, 5) is 19.0. The molecule has 0 bridgehead atoms. The molecule has 5 rings (SSSR count). The van der Waals surface area contributed by atoms with Crippen molar-refractivity contribution in [2.24, 2.45) is 0 Å². The van der Waals surface area contributed by atoms with Gasteiger partial charge in [0, 0.05) is 40.8 Å². The maximum Gasteiger partial charge on any atom is 0.274 e. The van der Waals surface area contributed by atoms with E-state index < -0.39 is 0 Å². The van der Waals surface area contributed by atoms with E-state index in [9.17, 15) is 4.79 Å². The number of hydrogen-bond donors (Lipinski definition) is 2. The van der Waals surface area contributed by atoms with E-state index >= 15 is 0 Å². The number of ether oxygens (including phenoxy) is 3. The molecule has 0 unspecified atom stereocenters. The predicted molar refractivity (Wildman–Crippen MR) is 146 cm³/mol. The van der Waals surface area contributed by atoms with Crippen LogP contribution in [0.1, 0.15) is 35.8 Å². The van der Waals surface area contributed by atoms with Crippen molar-refractivity contribution < 1.29 is 19.0 Å². The molecule has 1 aliphatic rings. The Bertz CT molecular complexity index is 1460. The van der Waals surface area contributed by atoms with Crippen LogP contribution in [0.5, 0.6) is 17.2 Å². The van der Waals surface area contributed by atoms with E-state index in [-0.39, 0.29) is 17.9 Å². The van der Waals surface area contributed by atoms with Gasteiger partial charge in [-0.15, -0.1) is 11.6 Å². The Morgan fingerprint density at radius 1 is 1.08 bits per heavy atom. The lowest BCUT2D eigenvalue weighted by Crippen LogP contribution is -2.30. The van der Waals surface area contributed by atoms with E-state index in [0.29, 0.717) is 40.9 Å². The summed E-state index contributed by atoms with van der Waals surface area (Å²) < 4.78 is 16.6. The summed E-state index contributed by atoms with van der Waals surface area (Å²) in [5.41, 5.74) is 4.12. The van der Waals surface area contributed by atoms with Crippen molar-refractivity contribution in [3.05, 3.63) is 53.7 Å². The number of methoxy groups -OCH3 is 3. The molecule has 4 aromatic rings. The third-order valence-electron chi connectivity index (χ3n) is 6.69. The maximum absolute atomic E-state index is 13.9. The molecule has 0 fully saturated rings. The summed E-state index contributed by atoms with van der Waals surface area (Å²) in [6.07, 6.45) is 0. The first-order valence-electron chi connectivity index (χ1n) is 11.9. The Hall–Kier alpha value is -3.58. The summed E-state index contributed by atoms with van der Waals surface area (Å²) in [5, 5.41) is 6.59. The lowest BCUT2D eigenvalue weighted by Gasteiger charge is -2.20. The molecule has 1 aliphatic heterocycles. The van der Waals surface area contributed by atoms with E-state index in [4.69, 9.17) is 25.8 Å². The average Bonchev–Trinajstić information content (AvgIpc) is 3.48. The van der Waals surface area contributed by atoms with Crippen LogP contribution < -0.4 is 24.4 Å². The van der Waals surface area contributed by atoms with Gasteiger partial charge < -0.3 is 29.4 Å². The molecule has 0 spiro atoms. The first kappa shape index (κ1) is 24.1. The van der Waals surface area contributed by atoms with Gasteiger partial charge in [-0.25, -0.2) is 0 Å². The Morgan fingerprint density at radius 3 is 2.44 bits per heavy atom. The van der Waals surface area contributed by atoms with Crippen molar-refractivity contribution in [3.63, 3.8) is 0 Å². The molecule has 1 atom stereocenters. The SMILES string of the molecule is COc1cc2cc(C(=O)N3C[C@@H](CCl)c4c3cc(NC(C)C)c3ccccc43)[nH]c2c(OC)c1OC. The topological polar surface area (TPSA) is 75.8 Å². The van der Waals surface area contributed by atoms with Crippen molar-refractivity contribution in [2.75, 3.05) is 44.0 Å². The zero-order chi connectivity index (χ0) is 25.6. The largest absolute Gasteiger partial charge is 0.493 e. The minimum Gasteiger partial charge on any atom is -0.493 e. The molecule has 0 radical (unpaired) electrons. The summed E-state index contributed by atoms with van der Waals surface area (Å²) in [6, 6.07) is 14.3. The highest BCUT2D eigenvalue weighted by atomic mass is 35.5. The molecule has 3 aromatic carbocycles. The quantitative estimate of drug-likeness (QED) is 0.293. The number of rotatable bonds is 7. The number of carbonyl (C=O) groups is 1. The maximum atomic E-state index is 13.9. The van der Waals surface area contributed by atoms with Crippen LogP contribution in [0.4, 0.5) is 11.4 Å². The molecule has 36 heavy (non-hydrogen) atoms. The number of nitrogens with zero attached hydrogens (tertiary/aromatic N) is 1. The van der Waals surface area contributed by atoms with Gasteiger partial charge in [-0.1, -0.05) is 24.3 Å². The highest BCUT2D eigenvalue weighted by molar-refractivity contribution is 6.19. The molecular weight excluding hydrogens is 478 g/mol. The van der Waals surface area contributed by atoms with Crippen LogP contribution in [0.3, 0.4) is 0 Å². The zero-order valence-electron chi connectivity index (χ0n) is 21.1. The van der Waals surface area contributed by atoms with E-state index in [1.165, 1.54) is 0 Å². The predicted octanol–water partition coefficient (Wildman–Crippen LogP) is 6.15. The molecular formula is C28H30ClN3O4. The Labute approximate surface area is 215 Å². The number of carbonyl (C=O) groups excluding carboxylic acids is 1. The van der Waals surface area contributed by atoms with Crippen LogP contribution in [-0.2, 0) is 0 Å². The number of amides is 1. The third-order valence-corrected chi connectivity index (χ3v) is 7.06. The van der Waals surface area contributed by atoms with Crippen LogP contribution in [0, 0.1) is 0 Å². The van der Waals surface area contributed by atoms with Gasteiger partial charge in [0.1, 0.15) is 5.69 Å². The van der Waals surface area contributed by atoms with Crippen LogP contribution in [0.15, 0.2) is 42.5 Å². The molecule has 1 amide bonds. The molecule has 7 nitrogen and oxygen atoms in total. The van der Waals surface area contributed by atoms with Gasteiger partial charge in [0.15, 0.2) is 11.5 Å². The van der Waals surface area contributed by atoms with Crippen LogP contribution in [-0.4, -0.2) is 50.7 Å². The average molecular weight is 508 g/mol. The van der Waals surface area contributed by atoms with Gasteiger partial charge in [0.25, 0.3) is 5.91 Å². The second-order valence-corrected chi connectivity index (χ2v) is 9.57. The third kappa shape index (κ3) is 3.78. The second kappa shape index (κ2) is 9.47. The molecule has 2 N–H and O–H groups in total. The number of nitrogens with one attached hydrogen (secondary N) is 2. The number of benzene rings is 3. The number of aromatic amines is 1. The fourth-order valence-corrected chi connectivity index (χ4v) is 5.45. The summed E-state index contributed by atoms with van der Waals surface area (Å²) >= 11 is 6.44. The summed E-state index contributed by atoms with van der Waals surface area (Å²) in [6.45, 7) is 4.71. The molecule has 0 saturated carbocycles. The fourth-order valence-electron chi connectivity index (χ4n) is 5.20. The van der Waals surface area contributed by atoms with Gasteiger partial charge in [0.05, 0.1) is 32.5 Å². The lowest BCUT2D eigenvalue weighted by atomic mass is 9.95. The molecule has 2 heterocycles. The normalized spacial score (nSPS) is 15.0. The Kier molecular flexibility index (Phi) is 6.35. The smallest absolute Gasteiger partial charge is 0.274 e. The Morgan fingerprint density at radius 2 is 1.81 bits per heavy atom. The van der Waals surface area contributed by atoms with Crippen molar-refractivity contribution in [1.82, 2.24) is 4.98 Å². The molecule has 1 aromatic heterocycles. The van der Waals surface area contributed by atoms with Crippen molar-refractivity contribution in [2.45, 2.75) is 25.8 Å². The first-order chi connectivity index (χ1) is 17.4. The summed E-state index contributed by atoms with van der Waals surface area (Å²) in [5.74, 6) is 1.81. The van der Waals surface area contributed by atoms with E-state index in [0.717, 1.165) is 33.1 Å². The monoisotopic (exact) mass is 507 g/mol. The van der Waals surface area contributed by atoms with Gasteiger partial charge in [-0.2, -0.15) is 0 Å². The Balaban J connectivity index is 1.65. The van der Waals surface area contributed by atoms with Gasteiger partial charge >= 0.3 is 0 Å². The standard InChI is InChI=1S/C28H30ClN3O4/c1-15(2)30-20-12-22-24(19-9-7-6-8-18(19)20)17(13-29)14-32(22)28(33)21-10-16-11-23(34-3)26(35-4)27(36-5)25(16)31-21/h6-12,15,17,30-31H,13-14H2,1-5H3/t17-/m1/s1. The highest BCUT2D eigenvalue weighted by Crippen LogP contribution is 2.46. The number of aromatic nitrogens is 1. The lowest BCUT2D eigenvalue weighted by molar-refractivity contribution is 0.0984. The van der Waals surface area contributed by atoms with Gasteiger partial charge in [0.2, 0.25) is 5.75 Å². The number of alkyl halides is 1.